The molecule has 2 rings (SSSR count). The number of rotatable bonds is 8. The summed E-state index contributed by atoms with van der Waals surface area (Å²) in [6, 6.07) is 6.92. The van der Waals surface area contributed by atoms with E-state index >= 15 is 0 Å². The van der Waals surface area contributed by atoms with Gasteiger partial charge < -0.3 is 14.6 Å². The van der Waals surface area contributed by atoms with E-state index in [9.17, 15) is 14.0 Å². The molecule has 1 atom stereocenters. The highest BCUT2D eigenvalue weighted by Gasteiger charge is 2.34. The van der Waals surface area contributed by atoms with Crippen LogP contribution in [-0.4, -0.2) is 36.3 Å². The van der Waals surface area contributed by atoms with Crippen molar-refractivity contribution in [2.45, 2.75) is 52.6 Å². The Morgan fingerprint density at radius 3 is 2.52 bits per heavy atom. The number of alkyl halides is 1. The van der Waals surface area contributed by atoms with Gasteiger partial charge in [-0.15, -0.1) is 0 Å². The Bertz CT molecular complexity index is 792. The summed E-state index contributed by atoms with van der Waals surface area (Å²) in [5.74, 6) is -0.773. The Morgan fingerprint density at radius 2 is 1.89 bits per heavy atom. The molecule has 5 nitrogen and oxygen atoms in total. The van der Waals surface area contributed by atoms with Gasteiger partial charge in [0, 0.05) is 23.6 Å². The van der Waals surface area contributed by atoms with Gasteiger partial charge in [0.15, 0.2) is 0 Å². The SMILES string of the molecule is COC(=O)C(NC(=O)c1cn(CCCCCF)c2ccccc12)C(C)(C)C. The maximum absolute atomic E-state index is 12.9. The zero-order chi connectivity index (χ0) is 20.0. The summed E-state index contributed by atoms with van der Waals surface area (Å²) in [5.41, 5.74) is 0.996. The zero-order valence-corrected chi connectivity index (χ0v) is 16.5. The Hall–Kier alpha value is -2.37. The smallest absolute Gasteiger partial charge is 0.328 e. The van der Waals surface area contributed by atoms with Crippen molar-refractivity contribution in [3.05, 3.63) is 36.0 Å². The summed E-state index contributed by atoms with van der Waals surface area (Å²) in [4.78, 5) is 25.1. The first-order valence-electron chi connectivity index (χ1n) is 9.32. The number of ether oxygens (including phenoxy) is 1. The molecule has 27 heavy (non-hydrogen) atoms. The van der Waals surface area contributed by atoms with Crippen LogP contribution in [0.2, 0.25) is 0 Å². The van der Waals surface area contributed by atoms with Crippen molar-refractivity contribution in [3.63, 3.8) is 0 Å². The van der Waals surface area contributed by atoms with Crippen molar-refractivity contribution in [1.29, 1.82) is 0 Å². The number of nitrogens with zero attached hydrogens (tertiary/aromatic N) is 1. The molecular weight excluding hydrogens is 347 g/mol. The Labute approximate surface area is 159 Å². The van der Waals surface area contributed by atoms with Gasteiger partial charge in [-0.05, 0) is 30.7 Å². The Balaban J connectivity index is 2.28. The van der Waals surface area contributed by atoms with Gasteiger partial charge in [-0.3, -0.25) is 9.18 Å². The third-order valence-corrected chi connectivity index (χ3v) is 4.64. The average Bonchev–Trinajstić information content (AvgIpc) is 3.00. The predicted octanol–water partition coefficient (Wildman–Crippen LogP) is 4.10. The van der Waals surface area contributed by atoms with E-state index in [1.807, 2.05) is 55.8 Å². The summed E-state index contributed by atoms with van der Waals surface area (Å²) in [6.07, 6.45) is 4.01. The number of aromatic nitrogens is 1. The molecule has 1 aromatic heterocycles. The van der Waals surface area contributed by atoms with Gasteiger partial charge in [0.1, 0.15) is 6.04 Å². The molecule has 0 spiro atoms. The van der Waals surface area contributed by atoms with E-state index in [0.29, 0.717) is 18.5 Å². The second-order valence-corrected chi connectivity index (χ2v) is 7.80. The van der Waals surface area contributed by atoms with Gasteiger partial charge in [-0.2, -0.15) is 0 Å². The van der Waals surface area contributed by atoms with Crippen molar-refractivity contribution in [3.8, 4) is 0 Å². The van der Waals surface area contributed by atoms with Crippen LogP contribution in [0.4, 0.5) is 4.39 Å². The molecule has 6 heteroatoms. The lowest BCUT2D eigenvalue weighted by Crippen LogP contribution is -2.49. The minimum atomic E-state index is -0.748. The number of nitrogens with one attached hydrogen (secondary N) is 1. The number of fused-ring (bicyclic) bond motifs is 1. The van der Waals surface area contributed by atoms with E-state index < -0.39 is 17.4 Å². The number of methoxy groups -OCH3 is 1. The van der Waals surface area contributed by atoms with Gasteiger partial charge in [0.2, 0.25) is 0 Å². The van der Waals surface area contributed by atoms with Crippen LogP contribution in [0.3, 0.4) is 0 Å². The molecule has 0 radical (unpaired) electrons. The van der Waals surface area contributed by atoms with Crippen LogP contribution in [0, 0.1) is 5.41 Å². The predicted molar refractivity (Wildman–Crippen MR) is 104 cm³/mol. The topological polar surface area (TPSA) is 60.3 Å². The quantitative estimate of drug-likeness (QED) is 0.557. The monoisotopic (exact) mass is 376 g/mol. The lowest BCUT2D eigenvalue weighted by atomic mass is 9.86. The van der Waals surface area contributed by atoms with E-state index in [0.717, 1.165) is 23.7 Å². The van der Waals surface area contributed by atoms with Crippen LogP contribution >= 0.6 is 0 Å². The fraction of sp³-hybridized carbons (Fsp3) is 0.524. The van der Waals surface area contributed by atoms with E-state index in [1.165, 1.54) is 7.11 Å². The van der Waals surface area contributed by atoms with Crippen molar-refractivity contribution in [1.82, 2.24) is 9.88 Å². The maximum atomic E-state index is 12.9. The van der Waals surface area contributed by atoms with E-state index in [2.05, 4.69) is 5.32 Å². The minimum Gasteiger partial charge on any atom is -0.467 e. The van der Waals surface area contributed by atoms with Crippen molar-refractivity contribution < 1.29 is 18.7 Å². The van der Waals surface area contributed by atoms with E-state index in [-0.39, 0.29) is 12.6 Å². The van der Waals surface area contributed by atoms with E-state index in [1.54, 1.807) is 0 Å². The molecule has 0 bridgehead atoms. The number of unbranched alkanes of at least 4 members (excludes halogenated alkanes) is 2. The third-order valence-electron chi connectivity index (χ3n) is 4.64. The number of benzene rings is 1. The molecule has 0 saturated heterocycles. The summed E-state index contributed by atoms with van der Waals surface area (Å²) >= 11 is 0. The van der Waals surface area contributed by atoms with Crippen molar-refractivity contribution in [2.24, 2.45) is 5.41 Å². The molecule has 0 aliphatic carbocycles. The minimum absolute atomic E-state index is 0.304. The van der Waals surface area contributed by atoms with Gasteiger partial charge in [-0.1, -0.05) is 39.0 Å². The second kappa shape index (κ2) is 9.02. The number of hydrogen-bond donors (Lipinski definition) is 1. The Morgan fingerprint density at radius 1 is 1.19 bits per heavy atom. The lowest BCUT2D eigenvalue weighted by Gasteiger charge is -2.28. The Kier molecular flexibility index (Phi) is 6.99. The number of hydrogen-bond acceptors (Lipinski definition) is 3. The van der Waals surface area contributed by atoms with Crippen LogP contribution in [-0.2, 0) is 16.1 Å². The van der Waals surface area contributed by atoms with E-state index in [4.69, 9.17) is 4.74 Å². The van der Waals surface area contributed by atoms with Gasteiger partial charge in [-0.25, -0.2) is 4.79 Å². The summed E-state index contributed by atoms with van der Waals surface area (Å²) in [5, 5.41) is 3.66. The van der Waals surface area contributed by atoms with Gasteiger partial charge >= 0.3 is 5.97 Å². The molecule has 1 heterocycles. The number of esters is 1. The number of aryl methyl sites for hydroxylation is 1. The fourth-order valence-electron chi connectivity index (χ4n) is 3.12. The van der Waals surface area contributed by atoms with Crippen LogP contribution in [0.5, 0.6) is 0 Å². The highest BCUT2D eigenvalue weighted by atomic mass is 19.1. The standard InChI is InChI=1S/C21H29FN2O3/c1-21(2,3)18(20(26)27-4)23-19(25)16-14-24(13-9-5-8-12-22)17-11-7-6-10-15(16)17/h6-7,10-11,14,18H,5,8-9,12-13H2,1-4H3,(H,23,25). The van der Waals surface area contributed by atoms with Crippen molar-refractivity contribution >= 4 is 22.8 Å². The first kappa shape index (κ1) is 20.9. The molecule has 1 N–H and O–H groups in total. The summed E-state index contributed by atoms with van der Waals surface area (Å²) in [6.45, 7) is 6.05. The highest BCUT2D eigenvalue weighted by Crippen LogP contribution is 2.24. The number of amides is 1. The molecule has 0 saturated carbocycles. The number of para-hydroxylation sites is 1. The molecule has 0 aliphatic heterocycles. The summed E-state index contributed by atoms with van der Waals surface area (Å²) < 4.78 is 19.2. The average molecular weight is 376 g/mol. The number of carbonyl (C=O) groups excluding carboxylic acids is 2. The first-order valence-corrected chi connectivity index (χ1v) is 9.32. The maximum Gasteiger partial charge on any atom is 0.328 e. The van der Waals surface area contributed by atoms with Gasteiger partial charge in [0.25, 0.3) is 5.91 Å². The zero-order valence-electron chi connectivity index (χ0n) is 16.5. The van der Waals surface area contributed by atoms with Crippen LogP contribution in [0.25, 0.3) is 10.9 Å². The third kappa shape index (κ3) is 5.08. The molecular formula is C21H29FN2O3. The van der Waals surface area contributed by atoms with Crippen molar-refractivity contribution in [2.75, 3.05) is 13.8 Å². The molecule has 0 aliphatic rings. The molecule has 1 unspecified atom stereocenters. The van der Waals surface area contributed by atoms with Gasteiger partial charge in [0.05, 0.1) is 19.3 Å². The molecule has 0 fully saturated rings. The molecule has 148 valence electrons. The molecule has 1 amide bonds. The number of halogens is 1. The largest absolute Gasteiger partial charge is 0.467 e. The molecule has 1 aromatic carbocycles. The highest BCUT2D eigenvalue weighted by molar-refractivity contribution is 6.08. The lowest BCUT2D eigenvalue weighted by molar-refractivity contribution is -0.145. The summed E-state index contributed by atoms with van der Waals surface area (Å²) in [7, 11) is 1.32. The first-order chi connectivity index (χ1) is 12.8. The fourth-order valence-corrected chi connectivity index (χ4v) is 3.12. The second-order valence-electron chi connectivity index (χ2n) is 7.80. The molecule has 2 aromatic rings. The normalized spacial score (nSPS) is 12.8. The number of carbonyl (C=O) groups is 2. The van der Waals surface area contributed by atoms with Crippen LogP contribution < -0.4 is 5.32 Å². The van der Waals surface area contributed by atoms with Crippen LogP contribution in [0.15, 0.2) is 30.5 Å². The van der Waals surface area contributed by atoms with Crippen LogP contribution in [0.1, 0.15) is 50.4 Å².